The molecule has 116 valence electrons. The Labute approximate surface area is 144 Å². The normalized spacial score (nSPS) is 20.9. The van der Waals surface area contributed by atoms with E-state index < -0.39 is 11.7 Å². The van der Waals surface area contributed by atoms with Crippen molar-refractivity contribution >= 4 is 44.2 Å². The molecule has 0 saturated heterocycles. The number of hydrogen-bond donors (Lipinski definition) is 1. The number of hydrogen-bond acceptors (Lipinski definition) is 2. The molecule has 1 aliphatic rings. The highest BCUT2D eigenvalue weighted by atomic mass is 127. The van der Waals surface area contributed by atoms with E-state index in [0.29, 0.717) is 6.54 Å². The number of aliphatic imine (C=N–C) groups is 1. The molecule has 0 fully saturated rings. The van der Waals surface area contributed by atoms with Crippen molar-refractivity contribution in [2.45, 2.75) is 24.3 Å². The minimum Gasteiger partial charge on any atom is -0.367 e. The Balaban J connectivity index is 2.52. The third-order valence-electron chi connectivity index (χ3n) is 2.65. The van der Waals surface area contributed by atoms with Crippen LogP contribution < -0.4 is 5.32 Å². The monoisotopic (exact) mass is 474 g/mol. The first-order chi connectivity index (χ1) is 9.84. The van der Waals surface area contributed by atoms with Gasteiger partial charge in [0.2, 0.25) is 0 Å². The summed E-state index contributed by atoms with van der Waals surface area (Å²) in [5.41, 5.74) is 0.302. The van der Waals surface area contributed by atoms with E-state index in [0.717, 1.165) is 30.1 Å². The Bertz CT molecular complexity index is 505. The minimum absolute atomic E-state index is 0.260. The number of rotatable bonds is 5. The lowest BCUT2D eigenvalue weighted by Crippen LogP contribution is -2.20. The smallest absolute Gasteiger partial charge is 0.367 e. The second-order valence-corrected chi connectivity index (χ2v) is 6.09. The SMILES string of the molecule is CC1=NC(NC/C=C/C=C(\C=C/I)C(F)(F)F)=CCC1Br. The van der Waals surface area contributed by atoms with Gasteiger partial charge in [-0.25, -0.2) is 4.99 Å². The summed E-state index contributed by atoms with van der Waals surface area (Å²) in [4.78, 5) is 4.60. The van der Waals surface area contributed by atoms with Crippen LogP contribution in [0.1, 0.15) is 13.3 Å². The number of allylic oxidation sites excluding steroid dienone is 5. The largest absolute Gasteiger partial charge is 0.416 e. The second kappa shape index (κ2) is 8.77. The predicted octanol–water partition coefficient (Wildman–Crippen LogP) is 5.04. The molecule has 0 bridgehead atoms. The number of nitrogens with zero attached hydrogens (tertiary/aromatic N) is 1. The van der Waals surface area contributed by atoms with Crippen LogP contribution in [0.15, 0.2) is 50.8 Å². The van der Waals surface area contributed by atoms with Crippen LogP contribution in [0.4, 0.5) is 13.2 Å². The van der Waals surface area contributed by atoms with Crippen LogP contribution >= 0.6 is 38.5 Å². The van der Waals surface area contributed by atoms with Gasteiger partial charge in [0.05, 0.1) is 10.4 Å². The Kier molecular flexibility index (Phi) is 7.72. The summed E-state index contributed by atoms with van der Waals surface area (Å²) in [5.74, 6) is 0.750. The van der Waals surface area contributed by atoms with Gasteiger partial charge < -0.3 is 5.32 Å². The van der Waals surface area contributed by atoms with Crippen molar-refractivity contribution in [3.05, 3.63) is 45.9 Å². The molecule has 7 heteroatoms. The number of halogens is 5. The van der Waals surface area contributed by atoms with Crippen LogP contribution in [0.3, 0.4) is 0 Å². The van der Waals surface area contributed by atoms with Crippen LogP contribution in [0.2, 0.25) is 0 Å². The Morgan fingerprint density at radius 1 is 1.57 bits per heavy atom. The maximum atomic E-state index is 12.6. The van der Waals surface area contributed by atoms with E-state index in [1.54, 1.807) is 28.7 Å². The summed E-state index contributed by atoms with van der Waals surface area (Å²) >= 11 is 5.24. The van der Waals surface area contributed by atoms with E-state index in [2.05, 4.69) is 26.2 Å². The molecule has 1 heterocycles. The van der Waals surface area contributed by atoms with E-state index in [9.17, 15) is 13.2 Å². The number of alkyl halides is 4. The molecule has 1 atom stereocenters. The van der Waals surface area contributed by atoms with Gasteiger partial charge in [-0.15, -0.1) is 0 Å². The van der Waals surface area contributed by atoms with Gasteiger partial charge in [-0.2, -0.15) is 13.2 Å². The van der Waals surface area contributed by atoms with Gasteiger partial charge in [0, 0.05) is 12.3 Å². The average molecular weight is 475 g/mol. The van der Waals surface area contributed by atoms with Crippen molar-refractivity contribution in [2.75, 3.05) is 6.54 Å². The molecular weight excluding hydrogens is 460 g/mol. The zero-order valence-corrected chi connectivity index (χ0v) is 15.0. The highest BCUT2D eigenvalue weighted by Gasteiger charge is 2.30. The van der Waals surface area contributed by atoms with Crippen molar-refractivity contribution in [2.24, 2.45) is 4.99 Å². The molecule has 0 radical (unpaired) electrons. The Morgan fingerprint density at radius 2 is 2.29 bits per heavy atom. The molecule has 0 amide bonds. The molecule has 0 aromatic heterocycles. The van der Waals surface area contributed by atoms with Crippen molar-refractivity contribution in [3.63, 3.8) is 0 Å². The first kappa shape index (κ1) is 18.5. The zero-order valence-electron chi connectivity index (χ0n) is 11.3. The predicted molar refractivity (Wildman–Crippen MR) is 93.0 cm³/mol. The highest BCUT2D eigenvalue weighted by Crippen LogP contribution is 2.26. The molecular formula is C14H15BrF3IN2. The van der Waals surface area contributed by atoms with Gasteiger partial charge >= 0.3 is 6.18 Å². The highest BCUT2D eigenvalue weighted by molar-refractivity contribution is 14.1. The van der Waals surface area contributed by atoms with Crippen molar-refractivity contribution in [3.8, 4) is 0 Å². The molecule has 0 spiro atoms. The Hall–Kier alpha value is -0.570. The maximum Gasteiger partial charge on any atom is 0.416 e. The fourth-order valence-corrected chi connectivity index (χ4v) is 2.20. The van der Waals surface area contributed by atoms with E-state index in [1.807, 2.05) is 13.0 Å². The van der Waals surface area contributed by atoms with Crippen LogP contribution in [-0.4, -0.2) is 23.3 Å². The second-order valence-electron chi connectivity index (χ2n) is 4.27. The zero-order chi connectivity index (χ0) is 15.9. The molecule has 1 rings (SSSR count). The summed E-state index contributed by atoms with van der Waals surface area (Å²) in [6.45, 7) is 2.35. The van der Waals surface area contributed by atoms with Gasteiger partial charge in [0.25, 0.3) is 0 Å². The summed E-state index contributed by atoms with van der Waals surface area (Å²) < 4.78 is 39.1. The van der Waals surface area contributed by atoms with Crippen molar-refractivity contribution in [1.29, 1.82) is 0 Å². The third-order valence-corrected chi connectivity index (χ3v) is 4.05. The summed E-state index contributed by atoms with van der Waals surface area (Å²) in [7, 11) is 0. The van der Waals surface area contributed by atoms with Crippen LogP contribution in [0.25, 0.3) is 0 Å². The topological polar surface area (TPSA) is 24.4 Å². The van der Waals surface area contributed by atoms with E-state index in [4.69, 9.17) is 0 Å². The lowest BCUT2D eigenvalue weighted by atomic mass is 10.2. The van der Waals surface area contributed by atoms with E-state index in [-0.39, 0.29) is 4.83 Å². The maximum absolute atomic E-state index is 12.6. The first-order valence-electron chi connectivity index (χ1n) is 6.18. The molecule has 2 nitrogen and oxygen atoms in total. The van der Waals surface area contributed by atoms with Gasteiger partial charge in [-0.05, 0) is 29.6 Å². The average Bonchev–Trinajstić information content (AvgIpc) is 2.40. The van der Waals surface area contributed by atoms with Crippen LogP contribution in [0.5, 0.6) is 0 Å². The van der Waals surface area contributed by atoms with E-state index in [1.165, 1.54) is 10.2 Å². The van der Waals surface area contributed by atoms with Crippen molar-refractivity contribution < 1.29 is 13.2 Å². The molecule has 0 saturated carbocycles. The van der Waals surface area contributed by atoms with Gasteiger partial charge in [-0.3, -0.25) is 0 Å². The Morgan fingerprint density at radius 3 is 2.86 bits per heavy atom. The van der Waals surface area contributed by atoms with Gasteiger partial charge in [0.1, 0.15) is 5.82 Å². The fraction of sp³-hybridized carbons (Fsp3) is 0.357. The number of nitrogens with one attached hydrogen (secondary N) is 1. The molecule has 21 heavy (non-hydrogen) atoms. The quantitative estimate of drug-likeness (QED) is 0.337. The molecule has 0 aromatic rings. The lowest BCUT2D eigenvalue weighted by molar-refractivity contribution is -0.0881. The molecule has 1 aliphatic heterocycles. The van der Waals surface area contributed by atoms with Crippen molar-refractivity contribution in [1.82, 2.24) is 5.32 Å². The van der Waals surface area contributed by atoms with Crippen LogP contribution in [-0.2, 0) is 0 Å². The van der Waals surface area contributed by atoms with Crippen LogP contribution in [0, 0.1) is 0 Å². The minimum atomic E-state index is -4.34. The van der Waals surface area contributed by atoms with E-state index >= 15 is 0 Å². The molecule has 1 unspecified atom stereocenters. The summed E-state index contributed by atoms with van der Waals surface area (Å²) in [6, 6.07) is 0. The third kappa shape index (κ3) is 6.82. The first-order valence-corrected chi connectivity index (χ1v) is 8.34. The fourth-order valence-electron chi connectivity index (χ4n) is 1.52. The van der Waals surface area contributed by atoms with Gasteiger partial charge in [-0.1, -0.05) is 56.7 Å². The molecule has 1 N–H and O–H groups in total. The summed E-state index contributed by atoms with van der Waals surface area (Å²) in [5, 5.41) is 3.05. The van der Waals surface area contributed by atoms with Gasteiger partial charge in [0.15, 0.2) is 0 Å². The lowest BCUT2D eigenvalue weighted by Gasteiger charge is -2.15. The standard InChI is InChI=1S/C14H15BrF3IN2/c1-10-12(15)5-6-13(21-10)20-9-3-2-4-11(7-8-19)14(16,17)18/h2-4,6-8,12,20H,5,9H2,1H3/b3-2+,8-7-,11-4+. The molecule has 0 aromatic carbocycles. The molecule has 0 aliphatic carbocycles. The summed E-state index contributed by atoms with van der Waals surface area (Å²) in [6.07, 6.45) is 3.56.